The van der Waals surface area contributed by atoms with E-state index in [1.807, 2.05) is 23.9 Å². The lowest BCUT2D eigenvalue weighted by atomic mass is 10.0. The van der Waals surface area contributed by atoms with Crippen LogP contribution in [0.5, 0.6) is 5.75 Å². The van der Waals surface area contributed by atoms with Gasteiger partial charge in [0, 0.05) is 24.8 Å². The lowest BCUT2D eigenvalue weighted by molar-refractivity contribution is 0.200. The summed E-state index contributed by atoms with van der Waals surface area (Å²) >= 11 is 0. The van der Waals surface area contributed by atoms with Crippen LogP contribution in [0, 0.1) is 35.6 Å². The summed E-state index contributed by atoms with van der Waals surface area (Å²) in [6, 6.07) is 4.40. The summed E-state index contributed by atoms with van der Waals surface area (Å²) in [5.74, 6) is 1.22. The summed E-state index contributed by atoms with van der Waals surface area (Å²) < 4.78 is 9.98. The minimum atomic E-state index is 0.0857. The van der Waals surface area contributed by atoms with Gasteiger partial charge in [0.2, 0.25) is 0 Å². The van der Waals surface area contributed by atoms with Crippen LogP contribution < -0.4 is 4.74 Å². The van der Waals surface area contributed by atoms with Crippen LogP contribution in [-0.2, 0) is 0 Å². The van der Waals surface area contributed by atoms with Gasteiger partial charge in [-0.05, 0) is 51.5 Å². The SMILES string of the molecule is Cc1c(-c2cc(O[C@H](C)C3CC3)c3c(C#N)cnn3c2)nnn1C1CCN(C#N)CC1. The van der Waals surface area contributed by atoms with Gasteiger partial charge in [-0.25, -0.2) is 9.20 Å². The molecule has 0 unspecified atom stereocenters. The second kappa shape index (κ2) is 7.59. The van der Waals surface area contributed by atoms with Gasteiger partial charge in [-0.2, -0.15) is 15.6 Å². The molecule has 9 heteroatoms. The molecule has 158 valence electrons. The highest BCUT2D eigenvalue weighted by Gasteiger charge is 2.31. The maximum absolute atomic E-state index is 9.51. The second-order valence-corrected chi connectivity index (χ2v) is 8.50. The standard InChI is InChI=1S/C22H24N8O/c1-14-21(26-27-30(14)19-5-7-28(13-24)8-6-19)17-9-20(31-15(2)16-3-4-16)22-18(10-23)11-25-29(22)12-17/h9,11-12,15-16,19H,3-8H2,1-2H3/t15-/m1/s1. The van der Waals surface area contributed by atoms with Gasteiger partial charge in [-0.15, -0.1) is 5.10 Å². The summed E-state index contributed by atoms with van der Waals surface area (Å²) in [5.41, 5.74) is 3.80. The molecule has 0 bridgehead atoms. The molecule has 3 aromatic heterocycles. The Labute approximate surface area is 180 Å². The normalized spacial score (nSPS) is 18.0. The molecule has 1 aliphatic carbocycles. The smallest absolute Gasteiger partial charge is 0.179 e. The van der Waals surface area contributed by atoms with Crippen molar-refractivity contribution in [2.45, 2.75) is 51.7 Å². The lowest BCUT2D eigenvalue weighted by Crippen LogP contribution is -2.31. The number of aromatic nitrogens is 5. The van der Waals surface area contributed by atoms with E-state index < -0.39 is 0 Å². The van der Waals surface area contributed by atoms with Gasteiger partial charge in [-0.1, -0.05) is 5.21 Å². The summed E-state index contributed by atoms with van der Waals surface area (Å²) in [6.07, 6.45) is 9.85. The Kier molecular flexibility index (Phi) is 4.74. The summed E-state index contributed by atoms with van der Waals surface area (Å²) in [5, 5.41) is 31.9. The average Bonchev–Trinajstić information content (AvgIpc) is 3.45. The molecule has 1 saturated heterocycles. The third-order valence-corrected chi connectivity index (χ3v) is 6.45. The number of ether oxygens (including phenoxy) is 1. The van der Waals surface area contributed by atoms with Crippen LogP contribution in [0.1, 0.15) is 49.9 Å². The van der Waals surface area contributed by atoms with Crippen molar-refractivity contribution in [3.63, 3.8) is 0 Å². The molecular formula is C22H24N8O. The van der Waals surface area contributed by atoms with Crippen molar-refractivity contribution in [1.29, 1.82) is 10.5 Å². The van der Waals surface area contributed by atoms with Crippen LogP contribution in [0.4, 0.5) is 0 Å². The molecule has 5 rings (SSSR count). The van der Waals surface area contributed by atoms with Gasteiger partial charge >= 0.3 is 0 Å². The van der Waals surface area contributed by atoms with Gasteiger partial charge in [0.25, 0.3) is 0 Å². The second-order valence-electron chi connectivity index (χ2n) is 8.50. The molecule has 0 amide bonds. The Bertz CT molecular complexity index is 1200. The number of pyridine rings is 1. The number of fused-ring (bicyclic) bond motifs is 1. The zero-order valence-electron chi connectivity index (χ0n) is 17.7. The number of hydrogen-bond donors (Lipinski definition) is 0. The topological polar surface area (TPSA) is 108 Å². The average molecular weight is 416 g/mol. The summed E-state index contributed by atoms with van der Waals surface area (Å²) in [7, 11) is 0. The van der Waals surface area contributed by atoms with Crippen molar-refractivity contribution in [2.24, 2.45) is 5.92 Å². The van der Waals surface area contributed by atoms with E-state index in [2.05, 4.69) is 34.6 Å². The van der Waals surface area contributed by atoms with E-state index in [9.17, 15) is 5.26 Å². The fraction of sp³-hybridized carbons (Fsp3) is 0.500. The first kappa shape index (κ1) is 19.4. The van der Waals surface area contributed by atoms with Gasteiger partial charge < -0.3 is 9.64 Å². The summed E-state index contributed by atoms with van der Waals surface area (Å²) in [6.45, 7) is 5.58. The van der Waals surface area contributed by atoms with E-state index in [1.165, 1.54) is 12.8 Å². The van der Waals surface area contributed by atoms with E-state index in [0.29, 0.717) is 22.7 Å². The number of likely N-dealkylation sites (tertiary alicyclic amines) is 1. The molecule has 1 aliphatic heterocycles. The Hall–Kier alpha value is -3.59. The van der Waals surface area contributed by atoms with Gasteiger partial charge in [0.05, 0.1) is 24.0 Å². The molecule has 1 atom stereocenters. The fourth-order valence-corrected chi connectivity index (χ4v) is 4.41. The molecule has 0 radical (unpaired) electrons. The first-order valence-electron chi connectivity index (χ1n) is 10.7. The molecule has 0 aromatic carbocycles. The monoisotopic (exact) mass is 416 g/mol. The number of nitrogens with zero attached hydrogens (tertiary/aromatic N) is 8. The fourth-order valence-electron chi connectivity index (χ4n) is 4.41. The Morgan fingerprint density at radius 1 is 1.19 bits per heavy atom. The van der Waals surface area contributed by atoms with Crippen LogP contribution in [0.25, 0.3) is 16.8 Å². The third-order valence-electron chi connectivity index (χ3n) is 6.45. The van der Waals surface area contributed by atoms with Crippen LogP contribution in [-0.4, -0.2) is 48.7 Å². The number of hydrogen-bond acceptors (Lipinski definition) is 7. The van der Waals surface area contributed by atoms with Crippen molar-refractivity contribution < 1.29 is 4.74 Å². The number of piperidine rings is 1. The van der Waals surface area contributed by atoms with Gasteiger partial charge in [-0.3, -0.25) is 0 Å². The van der Waals surface area contributed by atoms with Crippen molar-refractivity contribution in [2.75, 3.05) is 13.1 Å². The zero-order valence-corrected chi connectivity index (χ0v) is 17.7. The minimum absolute atomic E-state index is 0.0857. The highest BCUT2D eigenvalue weighted by atomic mass is 16.5. The maximum atomic E-state index is 9.51. The molecule has 0 spiro atoms. The van der Waals surface area contributed by atoms with Crippen molar-refractivity contribution in [3.8, 4) is 29.3 Å². The third kappa shape index (κ3) is 3.46. The molecule has 1 saturated carbocycles. The first-order chi connectivity index (χ1) is 15.1. The molecule has 31 heavy (non-hydrogen) atoms. The van der Waals surface area contributed by atoms with E-state index in [0.717, 1.165) is 42.9 Å². The molecule has 4 heterocycles. The zero-order chi connectivity index (χ0) is 21.5. The molecule has 3 aromatic rings. The highest BCUT2D eigenvalue weighted by Crippen LogP contribution is 2.37. The Morgan fingerprint density at radius 3 is 2.65 bits per heavy atom. The van der Waals surface area contributed by atoms with Gasteiger partial charge in [0.1, 0.15) is 28.6 Å². The quantitative estimate of drug-likeness (QED) is 0.588. The van der Waals surface area contributed by atoms with Crippen LogP contribution >= 0.6 is 0 Å². The first-order valence-corrected chi connectivity index (χ1v) is 10.7. The van der Waals surface area contributed by atoms with Crippen LogP contribution in [0.15, 0.2) is 18.5 Å². The lowest BCUT2D eigenvalue weighted by Gasteiger charge is -2.28. The molecule has 0 N–H and O–H groups in total. The predicted molar refractivity (Wildman–Crippen MR) is 112 cm³/mol. The van der Waals surface area contributed by atoms with Gasteiger partial charge in [0.15, 0.2) is 6.19 Å². The highest BCUT2D eigenvalue weighted by molar-refractivity contribution is 5.74. The van der Waals surface area contributed by atoms with E-state index >= 15 is 0 Å². The van der Waals surface area contributed by atoms with Crippen molar-refractivity contribution >= 4 is 5.52 Å². The largest absolute Gasteiger partial charge is 0.488 e. The van der Waals surface area contributed by atoms with E-state index in [1.54, 1.807) is 15.6 Å². The van der Waals surface area contributed by atoms with Crippen LogP contribution in [0.3, 0.4) is 0 Å². The maximum Gasteiger partial charge on any atom is 0.179 e. The molecule has 9 nitrogen and oxygen atoms in total. The minimum Gasteiger partial charge on any atom is -0.488 e. The number of rotatable bonds is 5. The molecular weight excluding hydrogens is 392 g/mol. The Balaban J connectivity index is 1.51. The Morgan fingerprint density at radius 2 is 1.97 bits per heavy atom. The predicted octanol–water partition coefficient (Wildman–Crippen LogP) is 3.07. The summed E-state index contributed by atoms with van der Waals surface area (Å²) in [4.78, 5) is 1.78. The van der Waals surface area contributed by atoms with Crippen LogP contribution in [0.2, 0.25) is 0 Å². The van der Waals surface area contributed by atoms with E-state index in [4.69, 9.17) is 10.00 Å². The molecule has 2 aliphatic rings. The van der Waals surface area contributed by atoms with Crippen molar-refractivity contribution in [3.05, 3.63) is 29.7 Å². The van der Waals surface area contributed by atoms with E-state index in [-0.39, 0.29) is 12.1 Å². The molecule has 2 fully saturated rings. The number of nitriles is 2. The van der Waals surface area contributed by atoms with Crippen molar-refractivity contribution in [1.82, 2.24) is 29.5 Å².